The molecule has 2 aliphatic rings. The molecule has 3 atom stereocenters. The van der Waals surface area contributed by atoms with E-state index in [0.29, 0.717) is 0 Å². The van der Waals surface area contributed by atoms with Gasteiger partial charge in [-0.3, -0.25) is 0 Å². The van der Waals surface area contributed by atoms with Gasteiger partial charge in [0, 0.05) is 0 Å². The molecule has 0 aromatic heterocycles. The average Bonchev–Trinajstić information content (AvgIpc) is 2.34. The first-order valence-electron chi connectivity index (χ1n) is 5.28. The molecule has 3 N–H and O–H groups in total. The van der Waals surface area contributed by atoms with Crippen LogP contribution in [-0.2, 0) is 0 Å². The van der Waals surface area contributed by atoms with Gasteiger partial charge in [0.25, 0.3) is 0 Å². The van der Waals surface area contributed by atoms with E-state index in [4.69, 9.17) is 5.73 Å². The first kappa shape index (κ1) is 9.47. The van der Waals surface area contributed by atoms with Gasteiger partial charge in [-0.15, -0.1) is 0 Å². The minimum atomic E-state index is -0.139. The SMILES string of the molecule is CC1(C)[C@@]2(CN)CC[C@@]1(C)[C@@H](O)C2. The maximum Gasteiger partial charge on any atom is 0.0605 e. The molecule has 0 aromatic rings. The highest BCUT2D eigenvalue weighted by Crippen LogP contribution is 2.71. The Labute approximate surface area is 80.5 Å². The van der Waals surface area contributed by atoms with Gasteiger partial charge in [-0.05, 0) is 42.1 Å². The van der Waals surface area contributed by atoms with Crippen LogP contribution in [0, 0.1) is 16.2 Å². The molecule has 0 aliphatic heterocycles. The second-order valence-electron chi connectivity index (χ2n) is 5.75. The summed E-state index contributed by atoms with van der Waals surface area (Å²) in [5.41, 5.74) is 6.41. The molecule has 2 heteroatoms. The highest BCUT2D eigenvalue weighted by atomic mass is 16.3. The van der Waals surface area contributed by atoms with E-state index < -0.39 is 0 Å². The van der Waals surface area contributed by atoms with Crippen molar-refractivity contribution in [1.82, 2.24) is 0 Å². The molecule has 0 unspecified atom stereocenters. The van der Waals surface area contributed by atoms with Crippen molar-refractivity contribution in [2.75, 3.05) is 6.54 Å². The number of hydrogen-bond donors (Lipinski definition) is 2. The molecular formula is C11H21NO. The third kappa shape index (κ3) is 0.774. The average molecular weight is 183 g/mol. The lowest BCUT2D eigenvalue weighted by Crippen LogP contribution is -2.40. The second-order valence-corrected chi connectivity index (χ2v) is 5.75. The van der Waals surface area contributed by atoms with Gasteiger partial charge in [0.1, 0.15) is 0 Å². The summed E-state index contributed by atoms with van der Waals surface area (Å²) in [5, 5.41) is 10.1. The minimum absolute atomic E-state index is 0.104. The number of aliphatic hydroxyl groups excluding tert-OH is 1. The molecule has 0 spiro atoms. The van der Waals surface area contributed by atoms with E-state index >= 15 is 0 Å². The van der Waals surface area contributed by atoms with Gasteiger partial charge < -0.3 is 10.8 Å². The Kier molecular flexibility index (Phi) is 1.67. The summed E-state index contributed by atoms with van der Waals surface area (Å²) in [7, 11) is 0. The molecule has 76 valence electrons. The summed E-state index contributed by atoms with van der Waals surface area (Å²) in [6, 6.07) is 0. The topological polar surface area (TPSA) is 46.2 Å². The lowest BCUT2D eigenvalue weighted by molar-refractivity contribution is 0.0113. The fraction of sp³-hybridized carbons (Fsp3) is 1.00. The number of nitrogens with two attached hydrogens (primary N) is 1. The number of rotatable bonds is 1. The van der Waals surface area contributed by atoms with Crippen LogP contribution in [0.3, 0.4) is 0 Å². The Balaban J connectivity index is 2.46. The number of fused-ring (bicyclic) bond motifs is 2. The summed E-state index contributed by atoms with van der Waals surface area (Å²) in [4.78, 5) is 0. The van der Waals surface area contributed by atoms with Crippen LogP contribution >= 0.6 is 0 Å². The van der Waals surface area contributed by atoms with Crippen molar-refractivity contribution in [3.8, 4) is 0 Å². The molecular weight excluding hydrogens is 162 g/mol. The van der Waals surface area contributed by atoms with Crippen molar-refractivity contribution >= 4 is 0 Å². The monoisotopic (exact) mass is 183 g/mol. The van der Waals surface area contributed by atoms with Crippen LogP contribution in [0.15, 0.2) is 0 Å². The van der Waals surface area contributed by atoms with Crippen LogP contribution in [0.2, 0.25) is 0 Å². The molecule has 13 heavy (non-hydrogen) atoms. The van der Waals surface area contributed by atoms with Crippen LogP contribution in [-0.4, -0.2) is 17.8 Å². The molecule has 2 nitrogen and oxygen atoms in total. The Hall–Kier alpha value is -0.0800. The Bertz CT molecular complexity index is 238. The van der Waals surface area contributed by atoms with Crippen LogP contribution in [0.5, 0.6) is 0 Å². The van der Waals surface area contributed by atoms with Gasteiger partial charge in [0.05, 0.1) is 6.10 Å². The van der Waals surface area contributed by atoms with Crippen molar-refractivity contribution in [2.24, 2.45) is 22.0 Å². The van der Waals surface area contributed by atoms with E-state index in [1.54, 1.807) is 0 Å². The quantitative estimate of drug-likeness (QED) is 0.647. The molecule has 0 aromatic carbocycles. The van der Waals surface area contributed by atoms with Crippen molar-refractivity contribution in [3.05, 3.63) is 0 Å². The predicted molar refractivity (Wildman–Crippen MR) is 53.2 cm³/mol. The van der Waals surface area contributed by atoms with Crippen molar-refractivity contribution in [2.45, 2.75) is 46.1 Å². The largest absolute Gasteiger partial charge is 0.393 e. The zero-order valence-electron chi connectivity index (χ0n) is 8.93. The smallest absolute Gasteiger partial charge is 0.0605 e. The highest BCUT2D eigenvalue weighted by Gasteiger charge is 2.68. The second kappa shape index (κ2) is 2.29. The van der Waals surface area contributed by atoms with Crippen LogP contribution < -0.4 is 5.73 Å². The summed E-state index contributed by atoms with van der Waals surface area (Å²) in [5.74, 6) is 0. The summed E-state index contributed by atoms with van der Waals surface area (Å²) >= 11 is 0. The fourth-order valence-electron chi connectivity index (χ4n) is 3.71. The maximum absolute atomic E-state index is 10.1. The molecule has 0 radical (unpaired) electrons. The molecule has 2 bridgehead atoms. The zero-order valence-corrected chi connectivity index (χ0v) is 8.93. The van der Waals surface area contributed by atoms with E-state index in [2.05, 4.69) is 20.8 Å². The lowest BCUT2D eigenvalue weighted by atomic mass is 9.65. The molecule has 2 saturated carbocycles. The zero-order chi connectivity index (χ0) is 9.91. The van der Waals surface area contributed by atoms with Crippen LogP contribution in [0.1, 0.15) is 40.0 Å². The van der Waals surface area contributed by atoms with Gasteiger partial charge in [-0.25, -0.2) is 0 Å². The van der Waals surface area contributed by atoms with Crippen molar-refractivity contribution in [3.63, 3.8) is 0 Å². The Morgan fingerprint density at radius 1 is 1.31 bits per heavy atom. The number of hydrogen-bond acceptors (Lipinski definition) is 2. The highest BCUT2D eigenvalue weighted by molar-refractivity contribution is 5.18. The van der Waals surface area contributed by atoms with Gasteiger partial charge in [-0.1, -0.05) is 20.8 Å². The molecule has 2 aliphatic carbocycles. The molecule has 2 fully saturated rings. The molecule has 2 rings (SSSR count). The maximum atomic E-state index is 10.1. The van der Waals surface area contributed by atoms with Crippen LogP contribution in [0.4, 0.5) is 0 Å². The first-order chi connectivity index (χ1) is 5.90. The Morgan fingerprint density at radius 2 is 1.92 bits per heavy atom. The number of aliphatic hydroxyl groups is 1. The Morgan fingerprint density at radius 3 is 2.15 bits per heavy atom. The van der Waals surface area contributed by atoms with E-state index in [1.807, 2.05) is 0 Å². The molecule has 0 saturated heterocycles. The van der Waals surface area contributed by atoms with Gasteiger partial charge in [0.15, 0.2) is 0 Å². The minimum Gasteiger partial charge on any atom is -0.393 e. The fourth-order valence-corrected chi connectivity index (χ4v) is 3.71. The summed E-state index contributed by atoms with van der Waals surface area (Å²) in [6.45, 7) is 7.51. The third-order valence-corrected chi connectivity index (χ3v) is 5.59. The van der Waals surface area contributed by atoms with Crippen molar-refractivity contribution in [1.29, 1.82) is 0 Å². The van der Waals surface area contributed by atoms with E-state index in [9.17, 15) is 5.11 Å². The van der Waals surface area contributed by atoms with Gasteiger partial charge >= 0.3 is 0 Å². The molecule has 0 amide bonds. The van der Waals surface area contributed by atoms with Crippen LogP contribution in [0.25, 0.3) is 0 Å². The van der Waals surface area contributed by atoms with Crippen molar-refractivity contribution < 1.29 is 5.11 Å². The third-order valence-electron chi connectivity index (χ3n) is 5.59. The predicted octanol–water partition coefficient (Wildman–Crippen LogP) is 1.52. The van der Waals surface area contributed by atoms with E-state index in [-0.39, 0.29) is 22.3 Å². The first-order valence-corrected chi connectivity index (χ1v) is 5.28. The van der Waals surface area contributed by atoms with E-state index in [1.165, 1.54) is 6.42 Å². The normalized spacial score (nSPS) is 52.8. The molecule has 0 heterocycles. The lowest BCUT2D eigenvalue weighted by Gasteiger charge is -2.40. The van der Waals surface area contributed by atoms with Gasteiger partial charge in [-0.2, -0.15) is 0 Å². The van der Waals surface area contributed by atoms with Gasteiger partial charge in [0.2, 0.25) is 0 Å². The van der Waals surface area contributed by atoms with E-state index in [0.717, 1.165) is 19.4 Å². The summed E-state index contributed by atoms with van der Waals surface area (Å²) < 4.78 is 0. The summed E-state index contributed by atoms with van der Waals surface area (Å²) in [6.07, 6.45) is 3.11. The standard InChI is InChI=1S/C11H21NO/c1-9(2)10(3)4-5-11(9,7-12)6-8(10)13/h8,13H,4-7,12H2,1-3H3/t8-,10-,11-/m0/s1.